The van der Waals surface area contributed by atoms with Crippen molar-refractivity contribution in [1.29, 1.82) is 0 Å². The minimum atomic E-state index is -0.139. The Labute approximate surface area is 112 Å². The number of aryl methyl sites for hydroxylation is 1. The molecule has 0 radical (unpaired) electrons. The predicted octanol–water partition coefficient (Wildman–Crippen LogP) is 1.35. The molecule has 2 aromatic heterocycles. The lowest BCUT2D eigenvalue weighted by Crippen LogP contribution is -2.23. The van der Waals surface area contributed by atoms with Gasteiger partial charge in [0.25, 0.3) is 5.91 Å². The molecule has 2 heterocycles. The molecule has 0 saturated heterocycles. The van der Waals surface area contributed by atoms with Gasteiger partial charge < -0.3 is 5.32 Å². The summed E-state index contributed by atoms with van der Waals surface area (Å²) in [6, 6.07) is 3.46. The van der Waals surface area contributed by atoms with Crippen LogP contribution in [0.25, 0.3) is 0 Å². The lowest BCUT2D eigenvalue weighted by Gasteiger charge is -2.02. The maximum atomic E-state index is 11.7. The summed E-state index contributed by atoms with van der Waals surface area (Å²) >= 11 is 2.20. The molecule has 6 heteroatoms. The summed E-state index contributed by atoms with van der Waals surface area (Å²) in [5.74, 6) is -0.139. The number of carbonyl (C=O) groups excluding carboxylic acids is 1. The largest absolute Gasteiger partial charge is 0.346 e. The second kappa shape index (κ2) is 5.26. The van der Waals surface area contributed by atoms with Crippen molar-refractivity contribution in [3.8, 4) is 0 Å². The third-order valence-electron chi connectivity index (χ3n) is 2.19. The summed E-state index contributed by atoms with van der Waals surface area (Å²) in [6.45, 7) is 0.423. The molecule has 0 bridgehead atoms. The van der Waals surface area contributed by atoms with E-state index in [2.05, 4.69) is 38.0 Å². The van der Waals surface area contributed by atoms with Crippen LogP contribution in [0.2, 0.25) is 0 Å². The van der Waals surface area contributed by atoms with Crippen LogP contribution < -0.4 is 5.32 Å². The first-order valence-electron chi connectivity index (χ1n) is 5.03. The lowest BCUT2D eigenvalue weighted by molar-refractivity contribution is 0.0950. The molecule has 0 unspecified atom stereocenters. The Morgan fingerprint density at radius 1 is 1.59 bits per heavy atom. The van der Waals surface area contributed by atoms with Crippen molar-refractivity contribution in [2.75, 3.05) is 0 Å². The van der Waals surface area contributed by atoms with E-state index in [-0.39, 0.29) is 5.91 Å². The summed E-state index contributed by atoms with van der Waals surface area (Å²) in [7, 11) is 1.86. The van der Waals surface area contributed by atoms with Gasteiger partial charge in [0.05, 0.1) is 21.4 Å². The molecular formula is C11H11IN4O. The van der Waals surface area contributed by atoms with E-state index in [0.717, 1.165) is 9.26 Å². The molecule has 0 aliphatic carbocycles. The summed E-state index contributed by atoms with van der Waals surface area (Å²) in [5, 5.41) is 7.06. The Balaban J connectivity index is 1.99. The van der Waals surface area contributed by atoms with E-state index < -0.39 is 0 Å². The van der Waals surface area contributed by atoms with Gasteiger partial charge in [-0.15, -0.1) is 0 Å². The first-order valence-corrected chi connectivity index (χ1v) is 6.11. The van der Waals surface area contributed by atoms with Crippen LogP contribution >= 0.6 is 22.6 Å². The Hall–Kier alpha value is -1.44. The average molecular weight is 342 g/mol. The number of pyridine rings is 1. The molecule has 0 atom stereocenters. The number of rotatable bonds is 3. The molecule has 1 amide bonds. The van der Waals surface area contributed by atoms with E-state index in [1.54, 1.807) is 29.2 Å². The van der Waals surface area contributed by atoms with Crippen molar-refractivity contribution in [1.82, 2.24) is 20.1 Å². The lowest BCUT2D eigenvalue weighted by atomic mass is 10.2. The highest BCUT2D eigenvalue weighted by Gasteiger charge is 2.08. The molecule has 0 aliphatic rings. The van der Waals surface area contributed by atoms with E-state index in [0.29, 0.717) is 12.1 Å². The van der Waals surface area contributed by atoms with Gasteiger partial charge in [0.2, 0.25) is 0 Å². The van der Waals surface area contributed by atoms with E-state index in [1.807, 2.05) is 13.2 Å². The van der Waals surface area contributed by atoms with Gasteiger partial charge in [-0.1, -0.05) is 0 Å². The number of amides is 1. The van der Waals surface area contributed by atoms with Gasteiger partial charge in [0.1, 0.15) is 0 Å². The zero-order valence-electron chi connectivity index (χ0n) is 9.22. The van der Waals surface area contributed by atoms with Gasteiger partial charge in [0.15, 0.2) is 0 Å². The Kier molecular flexibility index (Phi) is 3.72. The van der Waals surface area contributed by atoms with Gasteiger partial charge in [0, 0.05) is 25.6 Å². The van der Waals surface area contributed by atoms with Crippen LogP contribution in [-0.2, 0) is 13.6 Å². The maximum absolute atomic E-state index is 11.7. The third-order valence-corrected chi connectivity index (χ3v) is 3.10. The van der Waals surface area contributed by atoms with Crippen molar-refractivity contribution >= 4 is 28.5 Å². The molecule has 5 nitrogen and oxygen atoms in total. The first kappa shape index (κ1) is 12.0. The zero-order chi connectivity index (χ0) is 12.3. The van der Waals surface area contributed by atoms with Crippen molar-refractivity contribution in [3.05, 3.63) is 45.6 Å². The van der Waals surface area contributed by atoms with Crippen molar-refractivity contribution in [2.45, 2.75) is 6.54 Å². The van der Waals surface area contributed by atoms with Crippen LogP contribution in [0, 0.1) is 3.57 Å². The molecule has 0 spiro atoms. The smallest absolute Gasteiger partial charge is 0.253 e. The Morgan fingerprint density at radius 2 is 2.41 bits per heavy atom. The minimum Gasteiger partial charge on any atom is -0.346 e. The summed E-state index contributed by atoms with van der Waals surface area (Å²) in [6.07, 6.45) is 5.09. The second-order valence-corrected chi connectivity index (χ2v) is 4.68. The number of aromatic nitrogens is 3. The Bertz CT molecular complexity index is 524. The summed E-state index contributed by atoms with van der Waals surface area (Å²) in [5.41, 5.74) is 1.42. The molecule has 2 aromatic rings. The number of hydrogen-bond donors (Lipinski definition) is 1. The van der Waals surface area contributed by atoms with Crippen LogP contribution in [-0.4, -0.2) is 20.7 Å². The fourth-order valence-corrected chi connectivity index (χ4v) is 2.09. The SMILES string of the molecule is Cn1cc(I)c(CNC(=O)c2cccnc2)n1. The van der Waals surface area contributed by atoms with Crippen molar-refractivity contribution in [3.63, 3.8) is 0 Å². The zero-order valence-corrected chi connectivity index (χ0v) is 11.4. The number of hydrogen-bond acceptors (Lipinski definition) is 3. The molecular weight excluding hydrogens is 331 g/mol. The number of carbonyl (C=O) groups is 1. The molecule has 0 saturated carbocycles. The number of halogens is 1. The normalized spacial score (nSPS) is 10.2. The van der Waals surface area contributed by atoms with Crippen LogP contribution in [0.15, 0.2) is 30.7 Å². The number of nitrogens with zero attached hydrogens (tertiary/aromatic N) is 3. The molecule has 2 rings (SSSR count). The van der Waals surface area contributed by atoms with Crippen LogP contribution in [0.1, 0.15) is 16.1 Å². The topological polar surface area (TPSA) is 59.8 Å². The fourth-order valence-electron chi connectivity index (χ4n) is 1.39. The van der Waals surface area contributed by atoms with Gasteiger partial charge in [-0.25, -0.2) is 0 Å². The molecule has 0 aromatic carbocycles. The Morgan fingerprint density at radius 3 is 3.00 bits per heavy atom. The highest BCUT2D eigenvalue weighted by molar-refractivity contribution is 14.1. The molecule has 88 valence electrons. The molecule has 17 heavy (non-hydrogen) atoms. The highest BCUT2D eigenvalue weighted by atomic mass is 127. The van der Waals surface area contributed by atoms with E-state index in [1.165, 1.54) is 0 Å². The molecule has 0 fully saturated rings. The number of nitrogens with one attached hydrogen (secondary N) is 1. The van der Waals surface area contributed by atoms with E-state index in [9.17, 15) is 4.79 Å². The minimum absolute atomic E-state index is 0.139. The quantitative estimate of drug-likeness (QED) is 0.857. The van der Waals surface area contributed by atoms with Gasteiger partial charge in [-0.05, 0) is 34.7 Å². The van der Waals surface area contributed by atoms with Gasteiger partial charge >= 0.3 is 0 Å². The summed E-state index contributed by atoms with van der Waals surface area (Å²) < 4.78 is 2.77. The fraction of sp³-hybridized carbons (Fsp3) is 0.182. The van der Waals surface area contributed by atoms with Crippen LogP contribution in [0.4, 0.5) is 0 Å². The van der Waals surface area contributed by atoms with Crippen molar-refractivity contribution < 1.29 is 4.79 Å². The van der Waals surface area contributed by atoms with E-state index >= 15 is 0 Å². The maximum Gasteiger partial charge on any atom is 0.253 e. The monoisotopic (exact) mass is 342 g/mol. The average Bonchev–Trinajstić information content (AvgIpc) is 2.66. The van der Waals surface area contributed by atoms with Crippen LogP contribution in [0.3, 0.4) is 0 Å². The second-order valence-electron chi connectivity index (χ2n) is 3.52. The summed E-state index contributed by atoms with van der Waals surface area (Å²) in [4.78, 5) is 15.6. The highest BCUT2D eigenvalue weighted by Crippen LogP contribution is 2.09. The van der Waals surface area contributed by atoms with Crippen LogP contribution in [0.5, 0.6) is 0 Å². The third kappa shape index (κ3) is 3.02. The van der Waals surface area contributed by atoms with Crippen molar-refractivity contribution in [2.24, 2.45) is 7.05 Å². The molecule has 0 aliphatic heterocycles. The molecule has 1 N–H and O–H groups in total. The van der Waals surface area contributed by atoms with Gasteiger partial charge in [-0.2, -0.15) is 5.10 Å². The van der Waals surface area contributed by atoms with E-state index in [4.69, 9.17) is 0 Å². The van der Waals surface area contributed by atoms with Gasteiger partial charge in [-0.3, -0.25) is 14.5 Å². The predicted molar refractivity (Wildman–Crippen MR) is 71.3 cm³/mol. The standard InChI is InChI=1S/C11H11IN4O/c1-16-7-9(12)10(15-16)6-14-11(17)8-3-2-4-13-5-8/h2-5,7H,6H2,1H3,(H,14,17). The first-order chi connectivity index (χ1) is 8.16.